The molecule has 1 fully saturated rings. The second-order valence-electron chi connectivity index (χ2n) is 4.94. The van der Waals surface area contributed by atoms with Crippen molar-refractivity contribution in [3.05, 3.63) is 12.4 Å². The first-order valence-corrected chi connectivity index (χ1v) is 7.43. The normalized spacial score (nSPS) is 20.2. The van der Waals surface area contributed by atoms with E-state index in [0.29, 0.717) is 25.6 Å². The van der Waals surface area contributed by atoms with E-state index in [1.54, 1.807) is 7.05 Å². The third-order valence-electron chi connectivity index (χ3n) is 2.88. The molecular formula is C11H18N4O3S. The molecule has 1 saturated heterocycles. The topological polar surface area (TPSA) is 84.4 Å². The van der Waals surface area contributed by atoms with Crippen molar-refractivity contribution in [1.82, 2.24) is 14.3 Å². The van der Waals surface area contributed by atoms with Crippen LogP contribution in [-0.4, -0.2) is 55.0 Å². The van der Waals surface area contributed by atoms with Crippen LogP contribution >= 0.6 is 0 Å². The fourth-order valence-electron chi connectivity index (χ4n) is 1.91. The van der Waals surface area contributed by atoms with Gasteiger partial charge in [-0.2, -0.15) is 4.31 Å². The third-order valence-corrected chi connectivity index (χ3v) is 4.68. The van der Waals surface area contributed by atoms with Gasteiger partial charge in [-0.3, -0.25) is 0 Å². The highest BCUT2D eigenvalue weighted by molar-refractivity contribution is 7.89. The smallest absolute Gasteiger partial charge is 0.246 e. The Kier molecular flexibility index (Phi) is 3.75. The highest BCUT2D eigenvalue weighted by Crippen LogP contribution is 2.22. The lowest BCUT2D eigenvalue weighted by atomic mass is 10.1. The number of morpholine rings is 1. The minimum Gasteiger partial charge on any atom is -0.373 e. The summed E-state index contributed by atoms with van der Waals surface area (Å²) in [5, 5.41) is 2.75. The molecule has 8 heteroatoms. The third kappa shape index (κ3) is 3.02. The second-order valence-corrected chi connectivity index (χ2v) is 6.88. The Balaban J connectivity index is 2.26. The van der Waals surface area contributed by atoms with E-state index < -0.39 is 15.6 Å². The number of ether oxygens (including phenoxy) is 1. The van der Waals surface area contributed by atoms with E-state index in [-0.39, 0.29) is 4.90 Å². The largest absolute Gasteiger partial charge is 0.373 e. The highest BCUT2D eigenvalue weighted by Gasteiger charge is 2.35. The molecule has 19 heavy (non-hydrogen) atoms. The van der Waals surface area contributed by atoms with Gasteiger partial charge in [0.2, 0.25) is 16.0 Å². The number of hydrogen-bond acceptors (Lipinski definition) is 6. The first-order valence-electron chi connectivity index (χ1n) is 5.99. The van der Waals surface area contributed by atoms with Crippen LogP contribution in [0.4, 0.5) is 5.95 Å². The molecule has 0 atom stereocenters. The van der Waals surface area contributed by atoms with Gasteiger partial charge in [0.05, 0.1) is 24.6 Å². The summed E-state index contributed by atoms with van der Waals surface area (Å²) >= 11 is 0. The fourth-order valence-corrected chi connectivity index (χ4v) is 3.37. The predicted octanol–water partition coefficient (Wildman–Crippen LogP) is 0.318. The van der Waals surface area contributed by atoms with Crippen molar-refractivity contribution < 1.29 is 13.2 Å². The van der Waals surface area contributed by atoms with Crippen molar-refractivity contribution in [3.63, 3.8) is 0 Å². The van der Waals surface area contributed by atoms with Crippen LogP contribution in [0.2, 0.25) is 0 Å². The summed E-state index contributed by atoms with van der Waals surface area (Å²) in [6.45, 7) is 4.80. The molecule has 0 radical (unpaired) electrons. The summed E-state index contributed by atoms with van der Waals surface area (Å²) in [5.74, 6) is 0.390. The summed E-state index contributed by atoms with van der Waals surface area (Å²) in [5.41, 5.74) is -0.475. The van der Waals surface area contributed by atoms with Gasteiger partial charge in [0.25, 0.3) is 0 Å². The Bertz CT molecular complexity index is 542. The molecule has 1 aliphatic rings. The number of hydrogen-bond donors (Lipinski definition) is 1. The van der Waals surface area contributed by atoms with Crippen LogP contribution in [0.1, 0.15) is 13.8 Å². The lowest BCUT2D eigenvalue weighted by Crippen LogP contribution is -2.50. The number of aromatic nitrogens is 2. The Hall–Kier alpha value is -1.25. The zero-order valence-corrected chi connectivity index (χ0v) is 12.1. The van der Waals surface area contributed by atoms with Gasteiger partial charge in [-0.15, -0.1) is 0 Å². The molecule has 0 aromatic carbocycles. The Morgan fingerprint density at radius 1 is 1.37 bits per heavy atom. The Morgan fingerprint density at radius 3 is 2.53 bits per heavy atom. The molecule has 2 heterocycles. The average molecular weight is 286 g/mol. The SMILES string of the molecule is CNc1ncc(S(=O)(=O)N2CCOC(C)(C)C2)cn1. The average Bonchev–Trinajstić information content (AvgIpc) is 2.37. The van der Waals surface area contributed by atoms with Crippen LogP contribution in [0.25, 0.3) is 0 Å². The molecule has 0 amide bonds. The first kappa shape index (κ1) is 14.2. The van der Waals surface area contributed by atoms with E-state index in [1.807, 2.05) is 13.8 Å². The summed E-state index contributed by atoms with van der Waals surface area (Å²) in [4.78, 5) is 7.97. The fraction of sp³-hybridized carbons (Fsp3) is 0.636. The molecule has 0 unspecified atom stereocenters. The van der Waals surface area contributed by atoms with Crippen molar-refractivity contribution in [2.24, 2.45) is 0 Å². The van der Waals surface area contributed by atoms with E-state index in [2.05, 4.69) is 15.3 Å². The van der Waals surface area contributed by atoms with Crippen molar-refractivity contribution in [2.45, 2.75) is 24.3 Å². The molecule has 1 N–H and O–H groups in total. The maximum atomic E-state index is 12.4. The lowest BCUT2D eigenvalue weighted by molar-refractivity contribution is -0.0640. The van der Waals surface area contributed by atoms with Gasteiger partial charge in [0.15, 0.2) is 0 Å². The van der Waals surface area contributed by atoms with E-state index in [1.165, 1.54) is 16.7 Å². The number of nitrogens with zero attached hydrogens (tertiary/aromatic N) is 3. The van der Waals surface area contributed by atoms with Crippen LogP contribution in [0.15, 0.2) is 17.3 Å². The number of rotatable bonds is 3. The molecule has 0 bridgehead atoms. The summed E-state index contributed by atoms with van der Waals surface area (Å²) in [6, 6.07) is 0. The Morgan fingerprint density at radius 2 is 2.00 bits per heavy atom. The molecule has 0 aliphatic carbocycles. The van der Waals surface area contributed by atoms with Gasteiger partial charge in [0.1, 0.15) is 4.90 Å². The number of sulfonamides is 1. The minimum atomic E-state index is -3.56. The van der Waals surface area contributed by atoms with Gasteiger partial charge in [-0.1, -0.05) is 0 Å². The minimum absolute atomic E-state index is 0.101. The van der Waals surface area contributed by atoms with Gasteiger partial charge < -0.3 is 10.1 Å². The Labute approximate surface area is 113 Å². The van der Waals surface area contributed by atoms with Crippen LogP contribution in [-0.2, 0) is 14.8 Å². The maximum absolute atomic E-state index is 12.4. The summed E-state index contributed by atoms with van der Waals surface area (Å²) in [7, 11) is -1.88. The van der Waals surface area contributed by atoms with E-state index in [9.17, 15) is 8.42 Å². The zero-order valence-electron chi connectivity index (χ0n) is 11.3. The van der Waals surface area contributed by atoms with Gasteiger partial charge in [-0.05, 0) is 13.8 Å². The number of nitrogens with one attached hydrogen (secondary N) is 1. The predicted molar refractivity (Wildman–Crippen MR) is 70.4 cm³/mol. The molecule has 106 valence electrons. The van der Waals surface area contributed by atoms with E-state index >= 15 is 0 Å². The monoisotopic (exact) mass is 286 g/mol. The molecular weight excluding hydrogens is 268 g/mol. The van der Waals surface area contributed by atoms with Crippen LogP contribution in [0, 0.1) is 0 Å². The molecule has 1 aromatic heterocycles. The zero-order chi connectivity index (χ0) is 14.1. The van der Waals surface area contributed by atoms with E-state index in [4.69, 9.17) is 4.74 Å². The van der Waals surface area contributed by atoms with E-state index in [0.717, 1.165) is 0 Å². The number of anilines is 1. The second kappa shape index (κ2) is 5.03. The summed E-state index contributed by atoms with van der Waals surface area (Å²) in [6.07, 6.45) is 2.63. The van der Waals surface area contributed by atoms with Crippen molar-refractivity contribution in [2.75, 3.05) is 32.1 Å². The van der Waals surface area contributed by atoms with Gasteiger partial charge in [-0.25, -0.2) is 18.4 Å². The molecule has 2 rings (SSSR count). The molecule has 1 aromatic rings. The van der Waals surface area contributed by atoms with Crippen molar-refractivity contribution >= 4 is 16.0 Å². The molecule has 0 saturated carbocycles. The molecule has 1 aliphatic heterocycles. The first-order chi connectivity index (χ1) is 8.85. The maximum Gasteiger partial charge on any atom is 0.246 e. The quantitative estimate of drug-likeness (QED) is 0.861. The highest BCUT2D eigenvalue weighted by atomic mass is 32.2. The molecule has 0 spiro atoms. The van der Waals surface area contributed by atoms with Crippen LogP contribution in [0.3, 0.4) is 0 Å². The van der Waals surface area contributed by atoms with Crippen molar-refractivity contribution in [3.8, 4) is 0 Å². The lowest BCUT2D eigenvalue weighted by Gasteiger charge is -2.37. The van der Waals surface area contributed by atoms with Crippen molar-refractivity contribution in [1.29, 1.82) is 0 Å². The molecule has 7 nitrogen and oxygen atoms in total. The van der Waals surface area contributed by atoms with Crippen LogP contribution in [0.5, 0.6) is 0 Å². The summed E-state index contributed by atoms with van der Waals surface area (Å²) < 4.78 is 31.8. The van der Waals surface area contributed by atoms with Gasteiger partial charge >= 0.3 is 0 Å². The van der Waals surface area contributed by atoms with Crippen LogP contribution < -0.4 is 5.32 Å². The van der Waals surface area contributed by atoms with Gasteiger partial charge in [0, 0.05) is 20.1 Å². The standard InChI is InChI=1S/C11H18N4O3S/c1-11(2)8-15(4-5-18-11)19(16,17)9-6-13-10(12-3)14-7-9/h6-7H,4-5,8H2,1-3H3,(H,12,13,14).